The number of piperazine rings is 1. The van der Waals surface area contributed by atoms with E-state index in [4.69, 9.17) is 0 Å². The summed E-state index contributed by atoms with van der Waals surface area (Å²) in [7, 11) is 0. The maximum absolute atomic E-state index is 12.7. The summed E-state index contributed by atoms with van der Waals surface area (Å²) in [5, 5.41) is 2.74. The smallest absolute Gasteiger partial charge is 0.387 e. The number of benzene rings is 2. The minimum absolute atomic E-state index is 0.0254. The van der Waals surface area contributed by atoms with Crippen molar-refractivity contribution < 1.29 is 28.1 Å². The summed E-state index contributed by atoms with van der Waals surface area (Å²) in [6.45, 7) is 3.64. The van der Waals surface area contributed by atoms with Gasteiger partial charge in [-0.15, -0.1) is 0 Å². The van der Waals surface area contributed by atoms with Gasteiger partial charge in [-0.05, 0) is 30.7 Å². The van der Waals surface area contributed by atoms with Gasteiger partial charge >= 0.3 is 6.61 Å². The predicted molar refractivity (Wildman–Crippen MR) is 113 cm³/mol. The molecule has 0 aromatic heterocycles. The molecule has 0 spiro atoms. The second-order valence-electron chi connectivity index (χ2n) is 7.51. The molecule has 1 aliphatic rings. The maximum atomic E-state index is 12.7. The van der Waals surface area contributed by atoms with Gasteiger partial charge in [-0.25, -0.2) is 0 Å². The third-order valence-corrected chi connectivity index (χ3v) is 5.48. The summed E-state index contributed by atoms with van der Waals surface area (Å²) in [5.41, 5.74) is 1.46. The first-order chi connectivity index (χ1) is 14.5. The molecule has 5 nitrogen and oxygen atoms in total. The third-order valence-electron chi connectivity index (χ3n) is 5.48. The van der Waals surface area contributed by atoms with Crippen LogP contribution in [0.5, 0.6) is 5.75 Å². The average Bonchev–Trinajstić information content (AvgIpc) is 2.75. The molecule has 160 valence electrons. The van der Waals surface area contributed by atoms with Crippen molar-refractivity contribution in [2.45, 2.75) is 19.6 Å². The van der Waals surface area contributed by atoms with Gasteiger partial charge in [0.05, 0.1) is 12.2 Å². The number of nitrogens with one attached hydrogen (secondary N) is 3. The van der Waals surface area contributed by atoms with E-state index in [1.165, 1.54) is 21.4 Å². The predicted octanol–water partition coefficient (Wildman–Crippen LogP) is 1.11. The van der Waals surface area contributed by atoms with Crippen molar-refractivity contribution in [1.82, 2.24) is 0 Å². The van der Waals surface area contributed by atoms with Gasteiger partial charge in [0.15, 0.2) is 6.04 Å². The van der Waals surface area contributed by atoms with Crippen LogP contribution in [0.3, 0.4) is 0 Å². The number of hydrogen-bond donors (Lipinski definition) is 3. The lowest BCUT2D eigenvalue weighted by Gasteiger charge is -2.32. The molecule has 0 radical (unpaired) electrons. The molecular weight excluding hydrogens is 388 g/mol. The van der Waals surface area contributed by atoms with Crippen molar-refractivity contribution in [2.75, 3.05) is 38.0 Å². The Balaban J connectivity index is 1.47. The second kappa shape index (κ2) is 10.8. The Morgan fingerprint density at radius 3 is 2.43 bits per heavy atom. The van der Waals surface area contributed by atoms with E-state index in [9.17, 15) is 13.6 Å². The van der Waals surface area contributed by atoms with E-state index in [1.807, 2.05) is 25.1 Å². The number of quaternary nitrogens is 2. The first-order valence-corrected chi connectivity index (χ1v) is 10.3. The van der Waals surface area contributed by atoms with E-state index in [2.05, 4.69) is 34.3 Å². The molecule has 3 N–H and O–H groups in total. The zero-order chi connectivity index (χ0) is 21.3. The molecule has 0 bridgehead atoms. The third kappa shape index (κ3) is 6.37. The number of rotatable bonds is 8. The molecule has 0 unspecified atom stereocenters. The molecular formula is C23H29F2N3O2+2. The first-order valence-electron chi connectivity index (χ1n) is 10.3. The van der Waals surface area contributed by atoms with Crippen LogP contribution >= 0.6 is 0 Å². The van der Waals surface area contributed by atoms with Crippen LogP contribution in [0.25, 0.3) is 6.08 Å². The Hall–Kier alpha value is -2.77. The largest absolute Gasteiger partial charge is 0.433 e. The average molecular weight is 418 g/mol. The van der Waals surface area contributed by atoms with Gasteiger partial charge in [0, 0.05) is 0 Å². The van der Waals surface area contributed by atoms with Crippen LogP contribution in [0.4, 0.5) is 14.5 Å². The standard InChI is InChI=1S/C23H27F2N3O2/c1-18(22(29)26-20-11-5-6-12-21(20)30-23(24)25)28-16-14-27(15-17-28)13-7-10-19-8-3-2-4-9-19/h2-12,18,23H,13-17H2,1H3,(H,26,29)/p+2/b10-7+/t18-/m1/s1. The zero-order valence-electron chi connectivity index (χ0n) is 17.1. The van der Waals surface area contributed by atoms with E-state index in [0.717, 1.165) is 32.7 Å². The number of para-hydroxylation sites is 2. The molecule has 1 aliphatic heterocycles. The minimum Gasteiger partial charge on any atom is -0.433 e. The second-order valence-corrected chi connectivity index (χ2v) is 7.51. The molecule has 2 aromatic rings. The summed E-state index contributed by atoms with van der Waals surface area (Å²) in [6, 6.07) is 16.2. The molecule has 1 atom stereocenters. The van der Waals surface area contributed by atoms with Crippen LogP contribution in [-0.4, -0.2) is 51.3 Å². The lowest BCUT2D eigenvalue weighted by molar-refractivity contribution is -1.02. The van der Waals surface area contributed by atoms with Crippen LogP contribution in [0.2, 0.25) is 0 Å². The number of hydrogen-bond acceptors (Lipinski definition) is 2. The number of anilines is 1. The van der Waals surface area contributed by atoms with Gasteiger partial charge < -0.3 is 19.9 Å². The Morgan fingerprint density at radius 1 is 1.07 bits per heavy atom. The van der Waals surface area contributed by atoms with E-state index in [0.29, 0.717) is 0 Å². The number of halogens is 2. The van der Waals surface area contributed by atoms with Gasteiger partial charge in [0.1, 0.15) is 31.9 Å². The monoisotopic (exact) mass is 417 g/mol. The maximum Gasteiger partial charge on any atom is 0.387 e. The number of carbonyl (C=O) groups excluding carboxylic acids is 1. The fraction of sp³-hybridized carbons (Fsp3) is 0.348. The van der Waals surface area contributed by atoms with E-state index < -0.39 is 6.61 Å². The lowest BCUT2D eigenvalue weighted by atomic mass is 10.2. The fourth-order valence-electron chi connectivity index (χ4n) is 3.68. The van der Waals surface area contributed by atoms with Crippen LogP contribution in [-0.2, 0) is 4.79 Å². The molecule has 3 rings (SSSR count). The Morgan fingerprint density at radius 2 is 1.73 bits per heavy atom. The summed E-state index contributed by atoms with van der Waals surface area (Å²) < 4.78 is 29.6. The van der Waals surface area contributed by atoms with Gasteiger partial charge in [-0.2, -0.15) is 8.78 Å². The molecule has 1 heterocycles. The van der Waals surface area contributed by atoms with Crippen LogP contribution < -0.4 is 19.9 Å². The topological polar surface area (TPSA) is 47.2 Å². The number of amides is 1. The molecule has 7 heteroatoms. The molecule has 1 saturated heterocycles. The highest BCUT2D eigenvalue weighted by Crippen LogP contribution is 2.25. The highest BCUT2D eigenvalue weighted by atomic mass is 19.3. The Kier molecular flexibility index (Phi) is 7.93. The Labute approximate surface area is 175 Å². The quantitative estimate of drug-likeness (QED) is 0.603. The van der Waals surface area contributed by atoms with Crippen molar-refractivity contribution in [1.29, 1.82) is 0 Å². The number of carbonyl (C=O) groups is 1. The van der Waals surface area contributed by atoms with E-state index in [1.54, 1.807) is 18.2 Å². The molecule has 0 aliphatic carbocycles. The van der Waals surface area contributed by atoms with E-state index >= 15 is 0 Å². The molecule has 1 amide bonds. The summed E-state index contributed by atoms with van der Waals surface area (Å²) in [6.07, 6.45) is 4.34. The molecule has 0 saturated carbocycles. The van der Waals surface area contributed by atoms with Crippen molar-refractivity contribution in [3.63, 3.8) is 0 Å². The minimum atomic E-state index is -2.93. The van der Waals surface area contributed by atoms with Gasteiger partial charge in [0.25, 0.3) is 5.91 Å². The number of alkyl halides is 2. The van der Waals surface area contributed by atoms with Crippen LogP contribution in [0.15, 0.2) is 60.7 Å². The molecule has 2 aromatic carbocycles. The zero-order valence-corrected chi connectivity index (χ0v) is 17.1. The van der Waals surface area contributed by atoms with Gasteiger partial charge in [-0.3, -0.25) is 4.79 Å². The normalized spacial score (nSPS) is 20.3. The van der Waals surface area contributed by atoms with Crippen molar-refractivity contribution in [3.8, 4) is 5.75 Å². The lowest BCUT2D eigenvalue weighted by Crippen LogP contribution is -3.29. The van der Waals surface area contributed by atoms with Gasteiger partial charge in [-0.1, -0.05) is 48.5 Å². The van der Waals surface area contributed by atoms with Gasteiger partial charge in [0.2, 0.25) is 0 Å². The highest BCUT2D eigenvalue weighted by molar-refractivity contribution is 5.94. The summed E-state index contributed by atoms with van der Waals surface area (Å²) >= 11 is 0. The van der Waals surface area contributed by atoms with Crippen LogP contribution in [0.1, 0.15) is 12.5 Å². The Bertz CT molecular complexity index is 837. The van der Waals surface area contributed by atoms with Crippen molar-refractivity contribution >= 4 is 17.7 Å². The van der Waals surface area contributed by atoms with Crippen molar-refractivity contribution in [3.05, 3.63) is 66.2 Å². The fourth-order valence-corrected chi connectivity index (χ4v) is 3.68. The highest BCUT2D eigenvalue weighted by Gasteiger charge is 2.31. The summed E-state index contributed by atoms with van der Waals surface area (Å²) in [5.74, 6) is -0.217. The van der Waals surface area contributed by atoms with Crippen molar-refractivity contribution in [2.24, 2.45) is 0 Å². The molecule has 30 heavy (non-hydrogen) atoms. The van der Waals surface area contributed by atoms with E-state index in [-0.39, 0.29) is 23.4 Å². The molecule has 1 fully saturated rings. The first kappa shape index (κ1) is 21.9. The summed E-state index contributed by atoms with van der Waals surface area (Å²) in [4.78, 5) is 15.4. The SMILES string of the molecule is C[C@H](C(=O)Nc1ccccc1OC(F)F)[NH+]1CC[NH+](C/C=C/c2ccccc2)CC1. The number of ether oxygens (including phenoxy) is 1. The van der Waals surface area contributed by atoms with Crippen LogP contribution in [0, 0.1) is 0 Å².